The number of hydrogen-bond acceptors (Lipinski definition) is 4. The quantitative estimate of drug-likeness (QED) is 0.134. The summed E-state index contributed by atoms with van der Waals surface area (Å²) in [5.41, 5.74) is 2.78. The van der Waals surface area contributed by atoms with Gasteiger partial charge in [-0.05, 0) is 87.8 Å². The summed E-state index contributed by atoms with van der Waals surface area (Å²) in [5.74, 6) is 1.51. The summed E-state index contributed by atoms with van der Waals surface area (Å²) in [6.07, 6.45) is 10.4. The van der Waals surface area contributed by atoms with Crippen LogP contribution in [0.3, 0.4) is 0 Å². The molecule has 1 atom stereocenters. The van der Waals surface area contributed by atoms with Crippen LogP contribution < -0.4 is 9.47 Å². The SMILES string of the molecule is C=C(C)C(=O)OCCCCCCOc1ccc(-c2ccc(O[C@@H](C)CCCCCC)cc2)cc1. The van der Waals surface area contributed by atoms with Gasteiger partial charge >= 0.3 is 5.97 Å². The summed E-state index contributed by atoms with van der Waals surface area (Å²) in [7, 11) is 0. The van der Waals surface area contributed by atoms with Crippen molar-refractivity contribution in [2.45, 2.75) is 84.7 Å². The van der Waals surface area contributed by atoms with Crippen LogP contribution in [0.2, 0.25) is 0 Å². The van der Waals surface area contributed by atoms with Crippen molar-refractivity contribution in [2.24, 2.45) is 0 Å². The van der Waals surface area contributed by atoms with Crippen LogP contribution in [0.5, 0.6) is 11.5 Å². The van der Waals surface area contributed by atoms with Crippen molar-refractivity contribution in [2.75, 3.05) is 13.2 Å². The van der Waals surface area contributed by atoms with Gasteiger partial charge in [-0.2, -0.15) is 0 Å². The molecule has 0 N–H and O–H groups in total. The molecule has 2 aromatic rings. The van der Waals surface area contributed by atoms with E-state index in [1.807, 2.05) is 12.1 Å². The van der Waals surface area contributed by atoms with E-state index in [0.717, 1.165) is 49.2 Å². The number of esters is 1. The minimum atomic E-state index is -0.307. The van der Waals surface area contributed by atoms with Crippen LogP contribution >= 0.6 is 0 Å². The number of hydrogen-bond donors (Lipinski definition) is 0. The Kier molecular flexibility index (Phi) is 12.9. The van der Waals surface area contributed by atoms with Gasteiger partial charge in [0.05, 0.1) is 19.3 Å². The molecule has 0 aliphatic heterocycles. The molecular formula is C30H42O4. The Hall–Kier alpha value is -2.75. The second-order valence-corrected chi connectivity index (χ2v) is 9.01. The third kappa shape index (κ3) is 10.9. The first kappa shape index (κ1) is 27.5. The Morgan fingerprint density at radius 1 is 0.794 bits per heavy atom. The van der Waals surface area contributed by atoms with E-state index < -0.39 is 0 Å². The lowest BCUT2D eigenvalue weighted by Crippen LogP contribution is -2.11. The predicted molar refractivity (Wildman–Crippen MR) is 140 cm³/mol. The van der Waals surface area contributed by atoms with Crippen LogP contribution in [0.1, 0.15) is 78.6 Å². The van der Waals surface area contributed by atoms with Crippen molar-refractivity contribution >= 4 is 5.97 Å². The molecule has 0 aliphatic carbocycles. The van der Waals surface area contributed by atoms with Crippen LogP contribution in [0, 0.1) is 0 Å². The Bertz CT molecular complexity index is 839. The van der Waals surface area contributed by atoms with Crippen LogP contribution in [-0.2, 0) is 9.53 Å². The normalized spacial score (nSPS) is 11.6. The van der Waals surface area contributed by atoms with Gasteiger partial charge in [-0.1, -0.05) is 57.0 Å². The van der Waals surface area contributed by atoms with Crippen molar-refractivity contribution in [3.8, 4) is 22.6 Å². The molecule has 0 heterocycles. The van der Waals surface area contributed by atoms with E-state index in [-0.39, 0.29) is 12.1 Å². The average molecular weight is 467 g/mol. The molecule has 34 heavy (non-hydrogen) atoms. The summed E-state index contributed by atoms with van der Waals surface area (Å²) in [6.45, 7) is 10.8. The Morgan fingerprint density at radius 3 is 1.94 bits per heavy atom. The van der Waals surface area contributed by atoms with Gasteiger partial charge in [-0.25, -0.2) is 4.79 Å². The van der Waals surface area contributed by atoms with Gasteiger partial charge in [-0.3, -0.25) is 0 Å². The monoisotopic (exact) mass is 466 g/mol. The molecule has 0 fully saturated rings. The highest BCUT2D eigenvalue weighted by Crippen LogP contribution is 2.25. The summed E-state index contributed by atoms with van der Waals surface area (Å²) in [6, 6.07) is 16.6. The number of carbonyl (C=O) groups is 1. The molecule has 0 amide bonds. The van der Waals surface area contributed by atoms with E-state index in [4.69, 9.17) is 14.2 Å². The molecule has 0 aromatic heterocycles. The highest BCUT2D eigenvalue weighted by atomic mass is 16.5. The molecule has 0 bridgehead atoms. The highest BCUT2D eigenvalue weighted by molar-refractivity contribution is 5.86. The lowest BCUT2D eigenvalue weighted by atomic mass is 10.1. The first-order chi connectivity index (χ1) is 16.5. The molecule has 2 rings (SSSR count). The van der Waals surface area contributed by atoms with E-state index in [0.29, 0.717) is 18.8 Å². The van der Waals surface area contributed by atoms with Gasteiger partial charge in [0.15, 0.2) is 0 Å². The molecule has 0 saturated carbocycles. The number of benzene rings is 2. The average Bonchev–Trinajstić information content (AvgIpc) is 2.84. The fraction of sp³-hybridized carbons (Fsp3) is 0.500. The van der Waals surface area contributed by atoms with Gasteiger partial charge in [0.25, 0.3) is 0 Å². The van der Waals surface area contributed by atoms with Gasteiger partial charge in [0, 0.05) is 5.57 Å². The van der Waals surface area contributed by atoms with Crippen molar-refractivity contribution in [3.05, 3.63) is 60.7 Å². The van der Waals surface area contributed by atoms with Crippen LogP contribution in [0.4, 0.5) is 0 Å². The largest absolute Gasteiger partial charge is 0.494 e. The van der Waals surface area contributed by atoms with Crippen molar-refractivity contribution < 1.29 is 19.0 Å². The third-order valence-corrected chi connectivity index (χ3v) is 5.73. The van der Waals surface area contributed by atoms with Gasteiger partial charge in [0.2, 0.25) is 0 Å². The fourth-order valence-electron chi connectivity index (χ4n) is 3.66. The van der Waals surface area contributed by atoms with Gasteiger partial charge < -0.3 is 14.2 Å². The Morgan fingerprint density at radius 2 is 1.35 bits per heavy atom. The lowest BCUT2D eigenvalue weighted by Gasteiger charge is -2.15. The van der Waals surface area contributed by atoms with Crippen molar-refractivity contribution in [3.63, 3.8) is 0 Å². The van der Waals surface area contributed by atoms with Crippen LogP contribution in [0.25, 0.3) is 11.1 Å². The number of ether oxygens (including phenoxy) is 3. The second-order valence-electron chi connectivity index (χ2n) is 9.01. The lowest BCUT2D eigenvalue weighted by molar-refractivity contribution is -0.139. The second kappa shape index (κ2) is 16.0. The zero-order valence-electron chi connectivity index (χ0n) is 21.3. The zero-order valence-corrected chi connectivity index (χ0v) is 21.3. The third-order valence-electron chi connectivity index (χ3n) is 5.73. The first-order valence-electron chi connectivity index (χ1n) is 12.8. The smallest absolute Gasteiger partial charge is 0.333 e. The summed E-state index contributed by atoms with van der Waals surface area (Å²) in [4.78, 5) is 11.3. The Labute approximate surface area is 206 Å². The topological polar surface area (TPSA) is 44.8 Å². The van der Waals surface area contributed by atoms with E-state index >= 15 is 0 Å². The van der Waals surface area contributed by atoms with Gasteiger partial charge in [0.1, 0.15) is 11.5 Å². The molecule has 4 nitrogen and oxygen atoms in total. The highest BCUT2D eigenvalue weighted by Gasteiger charge is 2.06. The summed E-state index contributed by atoms with van der Waals surface area (Å²) < 4.78 is 17.0. The maximum atomic E-state index is 11.3. The van der Waals surface area contributed by atoms with Crippen molar-refractivity contribution in [1.29, 1.82) is 0 Å². The number of carbonyl (C=O) groups excluding carboxylic acids is 1. The zero-order chi connectivity index (χ0) is 24.6. The molecule has 4 heteroatoms. The molecule has 186 valence electrons. The number of rotatable bonds is 17. The predicted octanol–water partition coefficient (Wildman–Crippen LogP) is 8.15. The molecule has 0 spiro atoms. The minimum absolute atomic E-state index is 0.248. The molecular weight excluding hydrogens is 424 g/mol. The number of unbranched alkanes of at least 4 members (excludes halogenated alkanes) is 6. The molecule has 0 radical (unpaired) electrons. The molecule has 2 aromatic carbocycles. The maximum absolute atomic E-state index is 11.3. The van der Waals surface area contributed by atoms with Crippen molar-refractivity contribution in [1.82, 2.24) is 0 Å². The first-order valence-corrected chi connectivity index (χ1v) is 12.8. The molecule has 0 unspecified atom stereocenters. The van der Waals surface area contributed by atoms with E-state index in [9.17, 15) is 4.79 Å². The van der Waals surface area contributed by atoms with Crippen LogP contribution in [-0.4, -0.2) is 25.3 Å². The fourth-order valence-corrected chi connectivity index (χ4v) is 3.66. The van der Waals surface area contributed by atoms with E-state index in [2.05, 4.69) is 56.8 Å². The maximum Gasteiger partial charge on any atom is 0.333 e. The summed E-state index contributed by atoms with van der Waals surface area (Å²) >= 11 is 0. The Balaban J connectivity index is 1.65. The minimum Gasteiger partial charge on any atom is -0.494 e. The van der Waals surface area contributed by atoms with Gasteiger partial charge in [-0.15, -0.1) is 0 Å². The van der Waals surface area contributed by atoms with E-state index in [1.54, 1.807) is 6.92 Å². The van der Waals surface area contributed by atoms with Crippen LogP contribution in [0.15, 0.2) is 60.7 Å². The molecule has 0 saturated heterocycles. The molecule has 0 aliphatic rings. The standard InChI is InChI=1S/C30H42O4/c1-5-6-7-10-13-25(4)34-29-20-16-27(17-21-29)26-14-18-28(19-15-26)32-22-11-8-9-12-23-33-30(31)24(2)3/h14-21,25H,2,5-13,22-23H2,1,3-4H3/t25-/m0/s1. The van der Waals surface area contributed by atoms with E-state index in [1.165, 1.54) is 31.2 Å². The summed E-state index contributed by atoms with van der Waals surface area (Å²) in [5, 5.41) is 0.